The number of hydrogen-bond donors (Lipinski definition) is 1. The van der Waals surface area contributed by atoms with Gasteiger partial charge in [-0.3, -0.25) is 4.90 Å². The smallest absolute Gasteiger partial charge is 0.416 e. The number of nitrogens with one attached hydrogen (secondary N) is 1. The van der Waals surface area contributed by atoms with Crippen LogP contribution in [-0.2, 0) is 9.47 Å². The average molecular weight is 584 g/mol. The lowest BCUT2D eigenvalue weighted by Crippen LogP contribution is -2.39. The maximum Gasteiger partial charge on any atom is 0.416 e. The normalized spacial score (nSPS) is 12.7. The molecule has 10 heteroatoms. The highest BCUT2D eigenvalue weighted by atomic mass is 79.9. The summed E-state index contributed by atoms with van der Waals surface area (Å²) in [5, 5.41) is 6.05. The molecule has 1 aromatic carbocycles. The lowest BCUT2D eigenvalue weighted by Gasteiger charge is -2.28. The average Bonchev–Trinajstić information content (AvgIpc) is 3.28. The van der Waals surface area contributed by atoms with Crippen molar-refractivity contribution < 1.29 is 19.1 Å². The molecule has 1 aromatic heterocycles. The lowest BCUT2D eigenvalue weighted by atomic mass is 10.0. The molecule has 1 unspecified atom stereocenters. The van der Waals surface area contributed by atoms with Crippen LogP contribution in [0.15, 0.2) is 40.3 Å². The Kier molecular flexibility index (Phi) is 11.2. The van der Waals surface area contributed by atoms with Gasteiger partial charge in [0.2, 0.25) is 0 Å². The van der Waals surface area contributed by atoms with E-state index in [2.05, 4.69) is 38.4 Å². The van der Waals surface area contributed by atoms with E-state index in [0.29, 0.717) is 31.2 Å². The van der Waals surface area contributed by atoms with E-state index in [0.717, 1.165) is 16.5 Å². The Morgan fingerprint density at radius 3 is 2.19 bits per heavy atom. The van der Waals surface area contributed by atoms with Crippen LogP contribution in [0.25, 0.3) is 0 Å². The van der Waals surface area contributed by atoms with Gasteiger partial charge in [-0.2, -0.15) is 0 Å². The van der Waals surface area contributed by atoms with Gasteiger partial charge in [0.15, 0.2) is 5.13 Å². The molecule has 0 spiro atoms. The molecule has 36 heavy (non-hydrogen) atoms. The highest BCUT2D eigenvalue weighted by Crippen LogP contribution is 2.25. The Morgan fingerprint density at radius 2 is 1.64 bits per heavy atom. The van der Waals surface area contributed by atoms with Crippen molar-refractivity contribution in [3.05, 3.63) is 45.9 Å². The molecule has 0 bridgehead atoms. The summed E-state index contributed by atoms with van der Waals surface area (Å²) in [6, 6.07) is 8.14. The molecular weight excluding hydrogens is 544 g/mol. The fourth-order valence-electron chi connectivity index (χ4n) is 3.29. The standard InChI is InChI=1S/C26H39BrN4O4S/c1-25(2,3)34-23(32)30(7)16-8-14-28-21(19-9-11-20(27)12-10-19)13-17-31(22-29-15-18-36-22)24(33)35-26(4,5)6/h9-12,15,18,21,28H,8,13-14,16-17H2,1-7H3. The van der Waals surface area contributed by atoms with E-state index in [1.165, 1.54) is 11.3 Å². The fraction of sp³-hybridized carbons (Fsp3) is 0.577. The van der Waals surface area contributed by atoms with Crippen molar-refractivity contribution in [2.24, 2.45) is 0 Å². The van der Waals surface area contributed by atoms with Gasteiger partial charge in [-0.15, -0.1) is 11.3 Å². The molecule has 0 aliphatic heterocycles. The summed E-state index contributed by atoms with van der Waals surface area (Å²) in [4.78, 5) is 32.7. The zero-order valence-electron chi connectivity index (χ0n) is 22.3. The predicted octanol–water partition coefficient (Wildman–Crippen LogP) is 6.63. The molecule has 2 rings (SSSR count). The number of rotatable bonds is 10. The van der Waals surface area contributed by atoms with Crippen molar-refractivity contribution in [2.75, 3.05) is 31.6 Å². The van der Waals surface area contributed by atoms with E-state index in [-0.39, 0.29) is 12.1 Å². The monoisotopic (exact) mass is 582 g/mol. The number of aromatic nitrogens is 1. The number of halogens is 1. The molecule has 2 amide bonds. The highest BCUT2D eigenvalue weighted by Gasteiger charge is 2.26. The summed E-state index contributed by atoms with van der Waals surface area (Å²) in [6.07, 6.45) is 2.35. The second-order valence-corrected chi connectivity index (χ2v) is 12.3. The zero-order chi connectivity index (χ0) is 26.9. The van der Waals surface area contributed by atoms with Crippen molar-refractivity contribution in [2.45, 2.75) is 71.6 Å². The minimum absolute atomic E-state index is 0.00479. The van der Waals surface area contributed by atoms with Crippen LogP contribution in [0.3, 0.4) is 0 Å². The summed E-state index contributed by atoms with van der Waals surface area (Å²) < 4.78 is 12.1. The molecule has 1 atom stereocenters. The SMILES string of the molecule is CN(CCCNC(CCN(C(=O)OC(C)(C)C)c1nccs1)c1ccc(Br)cc1)C(=O)OC(C)(C)C. The number of ether oxygens (including phenoxy) is 2. The first kappa shape index (κ1) is 30.1. The summed E-state index contributed by atoms with van der Waals surface area (Å²) >= 11 is 4.90. The molecule has 0 saturated heterocycles. The Hall–Kier alpha value is -2.17. The van der Waals surface area contributed by atoms with Gasteiger partial charge in [0, 0.05) is 42.2 Å². The quantitative estimate of drug-likeness (QED) is 0.317. The number of amides is 2. The van der Waals surface area contributed by atoms with Crippen molar-refractivity contribution >= 4 is 44.6 Å². The van der Waals surface area contributed by atoms with Crippen LogP contribution in [0.1, 0.15) is 66.0 Å². The molecular formula is C26H39BrN4O4S. The number of anilines is 1. The van der Waals surface area contributed by atoms with Crippen LogP contribution >= 0.6 is 27.3 Å². The number of benzene rings is 1. The third-order valence-electron chi connectivity index (χ3n) is 4.94. The van der Waals surface area contributed by atoms with Crippen molar-refractivity contribution in [3.63, 3.8) is 0 Å². The lowest BCUT2D eigenvalue weighted by molar-refractivity contribution is 0.0297. The Morgan fingerprint density at radius 1 is 1.03 bits per heavy atom. The Balaban J connectivity index is 2.04. The van der Waals surface area contributed by atoms with Crippen LogP contribution < -0.4 is 10.2 Å². The third-order valence-corrected chi connectivity index (χ3v) is 6.27. The molecule has 0 aliphatic carbocycles. The number of hydrogen-bond acceptors (Lipinski definition) is 7. The Bertz CT molecular complexity index is 956. The minimum atomic E-state index is -0.601. The van der Waals surface area contributed by atoms with Gasteiger partial charge in [0.25, 0.3) is 0 Å². The van der Waals surface area contributed by atoms with Crippen LogP contribution in [0.4, 0.5) is 14.7 Å². The van der Waals surface area contributed by atoms with E-state index >= 15 is 0 Å². The summed E-state index contributed by atoms with van der Waals surface area (Å²) in [5.74, 6) is 0. The molecule has 200 valence electrons. The number of thiazole rings is 1. The van der Waals surface area contributed by atoms with Crippen molar-refractivity contribution in [3.8, 4) is 0 Å². The van der Waals surface area contributed by atoms with Gasteiger partial charge < -0.3 is 19.7 Å². The first-order valence-electron chi connectivity index (χ1n) is 12.1. The van der Waals surface area contributed by atoms with Crippen LogP contribution in [0.2, 0.25) is 0 Å². The molecule has 1 N–H and O–H groups in total. The van der Waals surface area contributed by atoms with Gasteiger partial charge >= 0.3 is 12.2 Å². The Labute approximate surface area is 227 Å². The van der Waals surface area contributed by atoms with Gasteiger partial charge in [-0.05, 0) is 78.6 Å². The minimum Gasteiger partial charge on any atom is -0.444 e. The van der Waals surface area contributed by atoms with E-state index in [1.807, 2.05) is 59.1 Å². The maximum atomic E-state index is 12.9. The van der Waals surface area contributed by atoms with E-state index in [9.17, 15) is 9.59 Å². The maximum absolute atomic E-state index is 12.9. The second kappa shape index (κ2) is 13.4. The van der Waals surface area contributed by atoms with Gasteiger partial charge in [0.05, 0.1) is 0 Å². The topological polar surface area (TPSA) is 84.0 Å². The van der Waals surface area contributed by atoms with Crippen LogP contribution in [-0.4, -0.2) is 60.0 Å². The van der Waals surface area contributed by atoms with E-state index < -0.39 is 17.3 Å². The fourth-order valence-corrected chi connectivity index (χ4v) is 4.22. The van der Waals surface area contributed by atoms with E-state index in [1.54, 1.807) is 23.0 Å². The molecule has 2 aromatic rings. The molecule has 0 saturated carbocycles. The summed E-state index contributed by atoms with van der Waals surface area (Å²) in [7, 11) is 1.74. The molecule has 0 aliphatic rings. The first-order valence-corrected chi connectivity index (χ1v) is 13.8. The molecule has 8 nitrogen and oxygen atoms in total. The summed E-state index contributed by atoms with van der Waals surface area (Å²) in [6.45, 7) is 12.8. The highest BCUT2D eigenvalue weighted by molar-refractivity contribution is 9.10. The zero-order valence-corrected chi connectivity index (χ0v) is 24.7. The van der Waals surface area contributed by atoms with Crippen molar-refractivity contribution in [1.29, 1.82) is 0 Å². The van der Waals surface area contributed by atoms with Crippen molar-refractivity contribution in [1.82, 2.24) is 15.2 Å². The molecule has 0 radical (unpaired) electrons. The van der Waals surface area contributed by atoms with Gasteiger partial charge in [-0.25, -0.2) is 14.6 Å². The third kappa shape index (κ3) is 10.8. The largest absolute Gasteiger partial charge is 0.444 e. The molecule has 0 fully saturated rings. The van der Waals surface area contributed by atoms with Crippen LogP contribution in [0.5, 0.6) is 0 Å². The first-order chi connectivity index (χ1) is 16.7. The number of carbonyl (C=O) groups is 2. The number of nitrogens with zero attached hydrogens (tertiary/aromatic N) is 3. The van der Waals surface area contributed by atoms with Gasteiger partial charge in [0.1, 0.15) is 11.2 Å². The van der Waals surface area contributed by atoms with Gasteiger partial charge in [-0.1, -0.05) is 28.1 Å². The second-order valence-electron chi connectivity index (χ2n) is 10.5. The number of carbonyl (C=O) groups excluding carboxylic acids is 2. The van der Waals surface area contributed by atoms with Crippen LogP contribution in [0, 0.1) is 0 Å². The predicted molar refractivity (Wildman–Crippen MR) is 149 cm³/mol. The summed E-state index contributed by atoms with van der Waals surface area (Å²) in [5.41, 5.74) is -0.00827. The van der Waals surface area contributed by atoms with E-state index in [4.69, 9.17) is 9.47 Å². The molecule has 1 heterocycles.